The van der Waals surface area contributed by atoms with E-state index in [1.807, 2.05) is 6.92 Å². The molecule has 1 unspecified atom stereocenters. The lowest BCUT2D eigenvalue weighted by atomic mass is 10.0. The van der Waals surface area contributed by atoms with Gasteiger partial charge < -0.3 is 5.11 Å². The molecule has 1 aromatic rings. The van der Waals surface area contributed by atoms with Gasteiger partial charge in [-0.1, -0.05) is 42.6 Å². The topological polar surface area (TPSA) is 37.3 Å². The van der Waals surface area contributed by atoms with E-state index in [0.717, 1.165) is 6.42 Å². The number of benzene rings is 1. The van der Waals surface area contributed by atoms with Crippen LogP contribution < -0.4 is 0 Å². The Kier molecular flexibility index (Phi) is 5.26. The van der Waals surface area contributed by atoms with Gasteiger partial charge >= 0.3 is 0 Å². The van der Waals surface area contributed by atoms with Crippen LogP contribution in [0.5, 0.6) is 0 Å². The van der Waals surface area contributed by atoms with Gasteiger partial charge in [-0.3, -0.25) is 4.79 Å². The molecule has 0 aliphatic rings. The van der Waals surface area contributed by atoms with Crippen LogP contribution in [0.2, 0.25) is 10.0 Å². The summed E-state index contributed by atoms with van der Waals surface area (Å²) in [5.74, 6) is -0.203. The van der Waals surface area contributed by atoms with Gasteiger partial charge in [0.15, 0.2) is 5.78 Å². The monoisotopic (exact) mass is 260 g/mol. The SMILES string of the molecule is CCCC(O)C(=O)Cc1ccc(Cl)cc1Cl. The van der Waals surface area contributed by atoms with Crippen LogP contribution in [0.1, 0.15) is 25.3 Å². The van der Waals surface area contributed by atoms with Crippen LogP contribution in [0.4, 0.5) is 0 Å². The van der Waals surface area contributed by atoms with E-state index in [-0.39, 0.29) is 12.2 Å². The molecule has 1 N–H and O–H groups in total. The number of hydrogen-bond donors (Lipinski definition) is 1. The molecule has 1 rings (SSSR count). The Morgan fingerprint density at radius 1 is 1.44 bits per heavy atom. The van der Waals surface area contributed by atoms with E-state index in [1.54, 1.807) is 18.2 Å². The fourth-order valence-electron chi connectivity index (χ4n) is 1.40. The number of carbonyl (C=O) groups excluding carboxylic acids is 1. The maximum absolute atomic E-state index is 11.6. The number of halogens is 2. The van der Waals surface area contributed by atoms with E-state index in [0.29, 0.717) is 22.0 Å². The van der Waals surface area contributed by atoms with Gasteiger partial charge in [0, 0.05) is 16.5 Å². The fraction of sp³-hybridized carbons (Fsp3) is 0.417. The van der Waals surface area contributed by atoms with E-state index >= 15 is 0 Å². The van der Waals surface area contributed by atoms with Crippen LogP contribution in [-0.2, 0) is 11.2 Å². The number of Topliss-reactive ketones (excluding diaryl/α,β-unsaturated/α-hetero) is 1. The molecule has 0 aliphatic heterocycles. The second kappa shape index (κ2) is 6.24. The van der Waals surface area contributed by atoms with Gasteiger partial charge in [0.25, 0.3) is 0 Å². The first-order chi connectivity index (χ1) is 7.54. The third-order valence-corrected chi connectivity index (χ3v) is 2.90. The molecule has 0 aliphatic carbocycles. The molecule has 1 atom stereocenters. The standard InChI is InChI=1S/C12H14Cl2O2/c1-2-3-11(15)12(16)6-8-4-5-9(13)7-10(8)14/h4-5,7,11,15H,2-3,6H2,1H3. The van der Waals surface area contributed by atoms with Crippen molar-refractivity contribution in [3.8, 4) is 0 Å². The Balaban J connectivity index is 2.69. The summed E-state index contributed by atoms with van der Waals surface area (Å²) in [6, 6.07) is 4.99. The first kappa shape index (κ1) is 13.5. The van der Waals surface area contributed by atoms with Gasteiger partial charge in [-0.2, -0.15) is 0 Å². The summed E-state index contributed by atoms with van der Waals surface area (Å²) < 4.78 is 0. The van der Waals surface area contributed by atoms with Crippen LogP contribution in [0.15, 0.2) is 18.2 Å². The number of hydrogen-bond acceptors (Lipinski definition) is 2. The second-order valence-corrected chi connectivity index (χ2v) is 4.53. The zero-order valence-corrected chi connectivity index (χ0v) is 10.6. The molecule has 0 saturated carbocycles. The molecule has 0 amide bonds. The highest BCUT2D eigenvalue weighted by atomic mass is 35.5. The lowest BCUT2D eigenvalue weighted by molar-refractivity contribution is -0.126. The summed E-state index contributed by atoms with van der Waals surface area (Å²) >= 11 is 11.7. The Hall–Kier alpha value is -0.570. The molecule has 0 saturated heterocycles. The molecule has 0 spiro atoms. The Morgan fingerprint density at radius 2 is 2.12 bits per heavy atom. The van der Waals surface area contributed by atoms with Gasteiger partial charge in [0.1, 0.15) is 6.10 Å². The third-order valence-electron chi connectivity index (χ3n) is 2.31. The van der Waals surface area contributed by atoms with E-state index in [2.05, 4.69) is 0 Å². The maximum Gasteiger partial charge on any atom is 0.165 e. The van der Waals surface area contributed by atoms with Crippen LogP contribution in [0.3, 0.4) is 0 Å². The summed E-state index contributed by atoms with van der Waals surface area (Å²) in [5, 5.41) is 10.5. The molecule has 0 aromatic heterocycles. The second-order valence-electron chi connectivity index (χ2n) is 3.68. The van der Waals surface area contributed by atoms with Crippen molar-refractivity contribution >= 4 is 29.0 Å². The number of aliphatic hydroxyl groups is 1. The highest BCUT2D eigenvalue weighted by molar-refractivity contribution is 6.35. The van der Waals surface area contributed by atoms with Crippen molar-refractivity contribution in [2.75, 3.05) is 0 Å². The Morgan fingerprint density at radius 3 is 2.69 bits per heavy atom. The van der Waals surface area contributed by atoms with Crippen molar-refractivity contribution in [1.29, 1.82) is 0 Å². The van der Waals surface area contributed by atoms with Crippen molar-refractivity contribution in [2.24, 2.45) is 0 Å². The predicted octanol–water partition coefficient (Wildman–Crippen LogP) is 3.27. The number of ketones is 1. The van der Waals surface area contributed by atoms with E-state index in [4.69, 9.17) is 23.2 Å². The van der Waals surface area contributed by atoms with Crippen LogP contribution in [0.25, 0.3) is 0 Å². The molecule has 2 nitrogen and oxygen atoms in total. The largest absolute Gasteiger partial charge is 0.385 e. The molecule has 0 heterocycles. The van der Waals surface area contributed by atoms with E-state index < -0.39 is 6.10 Å². The normalized spacial score (nSPS) is 12.5. The van der Waals surface area contributed by atoms with Gasteiger partial charge in [0.05, 0.1) is 0 Å². The molecule has 0 bridgehead atoms. The third kappa shape index (κ3) is 3.78. The summed E-state index contributed by atoms with van der Waals surface area (Å²) in [7, 11) is 0. The predicted molar refractivity (Wildman–Crippen MR) is 66.1 cm³/mol. The Bertz CT molecular complexity index is 377. The highest BCUT2D eigenvalue weighted by Gasteiger charge is 2.15. The van der Waals surface area contributed by atoms with Crippen LogP contribution >= 0.6 is 23.2 Å². The summed E-state index contributed by atoms with van der Waals surface area (Å²) in [6.45, 7) is 1.92. The molecule has 88 valence electrons. The lowest BCUT2D eigenvalue weighted by Crippen LogP contribution is -2.22. The average Bonchev–Trinajstić information content (AvgIpc) is 2.22. The Labute approximate surface area is 105 Å². The van der Waals surface area contributed by atoms with Crippen LogP contribution in [0, 0.1) is 0 Å². The zero-order chi connectivity index (χ0) is 12.1. The van der Waals surface area contributed by atoms with Crippen molar-refractivity contribution < 1.29 is 9.90 Å². The van der Waals surface area contributed by atoms with Gasteiger partial charge in [-0.05, 0) is 24.1 Å². The minimum Gasteiger partial charge on any atom is -0.385 e. The fourth-order valence-corrected chi connectivity index (χ4v) is 1.88. The highest BCUT2D eigenvalue weighted by Crippen LogP contribution is 2.22. The first-order valence-corrected chi connectivity index (χ1v) is 5.95. The summed E-state index contributed by atoms with van der Waals surface area (Å²) in [4.78, 5) is 11.6. The molecule has 4 heteroatoms. The molecule has 0 fully saturated rings. The molecule has 0 radical (unpaired) electrons. The van der Waals surface area contributed by atoms with Crippen molar-refractivity contribution in [3.05, 3.63) is 33.8 Å². The smallest absolute Gasteiger partial charge is 0.165 e. The minimum atomic E-state index is -0.892. The van der Waals surface area contributed by atoms with Crippen molar-refractivity contribution in [2.45, 2.75) is 32.3 Å². The van der Waals surface area contributed by atoms with Gasteiger partial charge in [-0.25, -0.2) is 0 Å². The minimum absolute atomic E-state index is 0.150. The average molecular weight is 261 g/mol. The van der Waals surface area contributed by atoms with Crippen molar-refractivity contribution in [1.82, 2.24) is 0 Å². The number of carbonyl (C=O) groups is 1. The van der Waals surface area contributed by atoms with Gasteiger partial charge in [0.2, 0.25) is 0 Å². The van der Waals surface area contributed by atoms with Crippen LogP contribution in [-0.4, -0.2) is 17.0 Å². The zero-order valence-electron chi connectivity index (χ0n) is 9.04. The molecule has 1 aromatic carbocycles. The number of aliphatic hydroxyl groups excluding tert-OH is 1. The van der Waals surface area contributed by atoms with E-state index in [9.17, 15) is 9.90 Å². The maximum atomic E-state index is 11.6. The number of rotatable bonds is 5. The molecular weight excluding hydrogens is 247 g/mol. The first-order valence-electron chi connectivity index (χ1n) is 5.19. The quantitative estimate of drug-likeness (QED) is 0.883. The summed E-state index contributed by atoms with van der Waals surface area (Å²) in [5.41, 5.74) is 0.700. The lowest BCUT2D eigenvalue weighted by Gasteiger charge is -2.09. The molecular formula is C12H14Cl2O2. The van der Waals surface area contributed by atoms with E-state index in [1.165, 1.54) is 0 Å². The van der Waals surface area contributed by atoms with Crippen molar-refractivity contribution in [3.63, 3.8) is 0 Å². The molecule has 16 heavy (non-hydrogen) atoms. The summed E-state index contributed by atoms with van der Waals surface area (Å²) in [6.07, 6.45) is 0.527. The van der Waals surface area contributed by atoms with Gasteiger partial charge in [-0.15, -0.1) is 0 Å².